The van der Waals surface area contributed by atoms with Gasteiger partial charge in [-0.25, -0.2) is 4.98 Å². The van der Waals surface area contributed by atoms with Crippen molar-refractivity contribution >= 4 is 17.4 Å². The van der Waals surface area contributed by atoms with Crippen LogP contribution in [0, 0.1) is 0 Å². The summed E-state index contributed by atoms with van der Waals surface area (Å²) in [6, 6.07) is 21.9. The Morgan fingerprint density at radius 3 is 2.47 bits per heavy atom. The predicted octanol–water partition coefficient (Wildman–Crippen LogP) is 3.19. The lowest BCUT2D eigenvalue weighted by Crippen LogP contribution is -2.40. The molecule has 2 heterocycles. The molecule has 7 nitrogen and oxygen atoms in total. The van der Waals surface area contributed by atoms with Gasteiger partial charge in [-0.3, -0.25) is 9.69 Å². The number of anilines is 2. The van der Waals surface area contributed by atoms with Crippen LogP contribution in [0.5, 0.6) is 0 Å². The minimum Gasteiger partial charge on any atom is -0.394 e. The van der Waals surface area contributed by atoms with Crippen LogP contribution in [-0.4, -0.2) is 73.8 Å². The van der Waals surface area contributed by atoms with Crippen molar-refractivity contribution in [2.24, 2.45) is 0 Å². The molecule has 0 spiro atoms. The van der Waals surface area contributed by atoms with E-state index in [0.717, 1.165) is 44.7 Å². The number of carbonyl (C=O) groups is 1. The molecule has 36 heavy (non-hydrogen) atoms. The standard InChI is InChI=1S/C29H37N5O2/c1-32(2)26-13-11-24(12-14-26)21-33-16-7-17-34(19-18-33)28-27(10-6-15-30-28)29(36)31-25(22-35)20-23-8-4-3-5-9-23/h3-6,8-15,25,35H,7,16-22H2,1-2H3,(H,31,36). The quantitative estimate of drug-likeness (QED) is 0.483. The summed E-state index contributed by atoms with van der Waals surface area (Å²) in [5, 5.41) is 12.9. The largest absolute Gasteiger partial charge is 0.394 e. The topological polar surface area (TPSA) is 71.9 Å². The van der Waals surface area contributed by atoms with Crippen molar-refractivity contribution in [1.29, 1.82) is 0 Å². The van der Waals surface area contributed by atoms with Gasteiger partial charge in [-0.2, -0.15) is 0 Å². The Bertz CT molecular complexity index is 1100. The fourth-order valence-corrected chi connectivity index (χ4v) is 4.65. The lowest BCUT2D eigenvalue weighted by atomic mass is 10.1. The number of amides is 1. The van der Waals surface area contributed by atoms with E-state index >= 15 is 0 Å². The molecule has 0 saturated carbocycles. The van der Waals surface area contributed by atoms with Gasteiger partial charge in [0, 0.05) is 58.7 Å². The molecule has 1 saturated heterocycles. The maximum Gasteiger partial charge on any atom is 0.255 e. The number of aliphatic hydroxyl groups is 1. The summed E-state index contributed by atoms with van der Waals surface area (Å²) in [5.74, 6) is 0.513. The monoisotopic (exact) mass is 487 g/mol. The molecular formula is C29H37N5O2. The maximum atomic E-state index is 13.2. The summed E-state index contributed by atoms with van der Waals surface area (Å²) < 4.78 is 0. The number of hydrogen-bond donors (Lipinski definition) is 2. The number of nitrogens with one attached hydrogen (secondary N) is 1. The molecule has 190 valence electrons. The van der Waals surface area contributed by atoms with E-state index < -0.39 is 0 Å². The molecule has 3 aromatic rings. The first-order valence-corrected chi connectivity index (χ1v) is 12.7. The van der Waals surface area contributed by atoms with E-state index in [-0.39, 0.29) is 18.6 Å². The van der Waals surface area contributed by atoms with E-state index in [2.05, 4.69) is 63.4 Å². The summed E-state index contributed by atoms with van der Waals surface area (Å²) in [5.41, 5.74) is 4.14. The van der Waals surface area contributed by atoms with Crippen LogP contribution in [-0.2, 0) is 13.0 Å². The molecule has 4 rings (SSSR count). The van der Waals surface area contributed by atoms with Crippen LogP contribution in [0.15, 0.2) is 72.9 Å². The SMILES string of the molecule is CN(C)c1ccc(CN2CCCN(c3ncccc3C(=O)NC(CO)Cc3ccccc3)CC2)cc1. The Kier molecular flexibility index (Phi) is 8.92. The van der Waals surface area contributed by atoms with Crippen LogP contribution in [0.3, 0.4) is 0 Å². The van der Waals surface area contributed by atoms with Gasteiger partial charge in [0.15, 0.2) is 0 Å². The molecule has 2 N–H and O–H groups in total. The summed E-state index contributed by atoms with van der Waals surface area (Å²) in [6.07, 6.45) is 3.32. The highest BCUT2D eigenvalue weighted by Crippen LogP contribution is 2.21. The minimum absolute atomic E-state index is 0.121. The molecule has 1 aliphatic heterocycles. The normalized spacial score (nSPS) is 15.2. The first-order chi connectivity index (χ1) is 17.5. The molecule has 1 fully saturated rings. The molecule has 0 radical (unpaired) electrons. The molecule has 1 unspecified atom stereocenters. The molecule has 1 aliphatic rings. The first-order valence-electron chi connectivity index (χ1n) is 12.7. The Hall–Kier alpha value is -3.42. The minimum atomic E-state index is -0.355. The van der Waals surface area contributed by atoms with Gasteiger partial charge in [0.05, 0.1) is 18.2 Å². The van der Waals surface area contributed by atoms with Crippen LogP contribution in [0.4, 0.5) is 11.5 Å². The second-order valence-corrected chi connectivity index (χ2v) is 9.59. The molecule has 2 aromatic carbocycles. The van der Waals surface area contributed by atoms with Crippen LogP contribution in [0.2, 0.25) is 0 Å². The number of nitrogens with zero attached hydrogens (tertiary/aromatic N) is 4. The molecular weight excluding hydrogens is 450 g/mol. The fourth-order valence-electron chi connectivity index (χ4n) is 4.65. The van der Waals surface area contributed by atoms with Gasteiger partial charge in [0.25, 0.3) is 5.91 Å². The van der Waals surface area contributed by atoms with Crippen molar-refractivity contribution < 1.29 is 9.90 Å². The van der Waals surface area contributed by atoms with Gasteiger partial charge >= 0.3 is 0 Å². The Morgan fingerprint density at radius 1 is 0.972 bits per heavy atom. The third-order valence-electron chi connectivity index (χ3n) is 6.66. The maximum absolute atomic E-state index is 13.2. The molecule has 1 atom stereocenters. The van der Waals surface area contributed by atoms with E-state index in [0.29, 0.717) is 17.8 Å². The van der Waals surface area contributed by atoms with Gasteiger partial charge in [-0.15, -0.1) is 0 Å². The van der Waals surface area contributed by atoms with Crippen LogP contribution >= 0.6 is 0 Å². The number of hydrogen-bond acceptors (Lipinski definition) is 6. The molecule has 7 heteroatoms. The number of rotatable bonds is 9. The lowest BCUT2D eigenvalue weighted by molar-refractivity contribution is 0.0916. The van der Waals surface area contributed by atoms with E-state index in [1.165, 1.54) is 11.3 Å². The van der Waals surface area contributed by atoms with Crippen LogP contribution < -0.4 is 15.1 Å². The number of carbonyl (C=O) groups excluding carboxylic acids is 1. The van der Waals surface area contributed by atoms with Gasteiger partial charge in [-0.05, 0) is 48.2 Å². The molecule has 0 bridgehead atoms. The zero-order valence-corrected chi connectivity index (χ0v) is 21.3. The second kappa shape index (κ2) is 12.5. The van der Waals surface area contributed by atoms with Crippen molar-refractivity contribution in [2.75, 3.05) is 56.7 Å². The van der Waals surface area contributed by atoms with E-state index in [9.17, 15) is 9.90 Å². The Labute approximate surface area is 214 Å². The summed E-state index contributed by atoms with van der Waals surface area (Å²) in [6.45, 7) is 4.35. The van der Waals surface area contributed by atoms with Gasteiger partial charge < -0.3 is 20.2 Å². The fraction of sp³-hybridized carbons (Fsp3) is 0.379. The first kappa shape index (κ1) is 25.7. The van der Waals surface area contributed by atoms with E-state index in [4.69, 9.17) is 0 Å². The highest BCUT2D eigenvalue weighted by atomic mass is 16.3. The number of aliphatic hydroxyl groups excluding tert-OH is 1. The third-order valence-corrected chi connectivity index (χ3v) is 6.66. The van der Waals surface area contributed by atoms with Crippen LogP contribution in [0.25, 0.3) is 0 Å². The third kappa shape index (κ3) is 6.83. The smallest absolute Gasteiger partial charge is 0.255 e. The predicted molar refractivity (Wildman–Crippen MR) is 146 cm³/mol. The number of benzene rings is 2. The molecule has 0 aliphatic carbocycles. The highest BCUT2D eigenvalue weighted by molar-refractivity contribution is 5.99. The molecule has 1 aromatic heterocycles. The molecule has 1 amide bonds. The van der Waals surface area contributed by atoms with Crippen molar-refractivity contribution in [1.82, 2.24) is 15.2 Å². The van der Waals surface area contributed by atoms with Crippen molar-refractivity contribution in [3.05, 3.63) is 89.6 Å². The second-order valence-electron chi connectivity index (χ2n) is 9.59. The zero-order valence-electron chi connectivity index (χ0n) is 21.3. The number of pyridine rings is 1. The Balaban J connectivity index is 1.39. The van der Waals surface area contributed by atoms with E-state index in [1.807, 2.05) is 36.4 Å². The van der Waals surface area contributed by atoms with Crippen molar-refractivity contribution in [3.63, 3.8) is 0 Å². The summed E-state index contributed by atoms with van der Waals surface area (Å²) >= 11 is 0. The van der Waals surface area contributed by atoms with Gasteiger partial charge in [0.2, 0.25) is 0 Å². The zero-order chi connectivity index (χ0) is 25.3. The highest BCUT2D eigenvalue weighted by Gasteiger charge is 2.23. The van der Waals surface area contributed by atoms with Crippen LogP contribution in [0.1, 0.15) is 27.9 Å². The van der Waals surface area contributed by atoms with Crippen molar-refractivity contribution in [3.8, 4) is 0 Å². The lowest BCUT2D eigenvalue weighted by Gasteiger charge is -2.25. The van der Waals surface area contributed by atoms with Gasteiger partial charge in [0.1, 0.15) is 5.82 Å². The average Bonchev–Trinajstić information content (AvgIpc) is 3.14. The van der Waals surface area contributed by atoms with Gasteiger partial charge in [-0.1, -0.05) is 42.5 Å². The number of aromatic nitrogens is 1. The van der Waals surface area contributed by atoms with E-state index in [1.54, 1.807) is 12.3 Å². The Morgan fingerprint density at radius 2 is 1.75 bits per heavy atom. The van der Waals surface area contributed by atoms with Crippen molar-refractivity contribution in [2.45, 2.75) is 25.4 Å². The average molecular weight is 488 g/mol. The summed E-state index contributed by atoms with van der Waals surface area (Å²) in [4.78, 5) is 24.6. The summed E-state index contributed by atoms with van der Waals surface area (Å²) in [7, 11) is 4.11.